The van der Waals surface area contributed by atoms with E-state index in [9.17, 15) is 0 Å². The SMILES string of the molecule is CS(C)(C)CS(C)(C)CCl. The minimum absolute atomic E-state index is 0.341. The topological polar surface area (TPSA) is 0 Å². The van der Waals surface area contributed by atoms with E-state index in [1.165, 1.54) is 5.08 Å². The molecule has 0 saturated heterocycles. The third kappa shape index (κ3) is 5.75. The molecule has 0 N–H and O–H groups in total. The van der Waals surface area contributed by atoms with E-state index in [-0.39, 0.29) is 10.0 Å². The molecule has 0 spiro atoms. The van der Waals surface area contributed by atoms with Crippen molar-refractivity contribution in [2.45, 2.75) is 0 Å². The lowest BCUT2D eigenvalue weighted by Crippen LogP contribution is -2.08. The van der Waals surface area contributed by atoms with E-state index in [1.54, 1.807) is 0 Å². The molecule has 0 atom stereocenters. The fourth-order valence-electron chi connectivity index (χ4n) is 0.989. The summed E-state index contributed by atoms with van der Waals surface area (Å²) in [5.74, 6) is 0. The van der Waals surface area contributed by atoms with Crippen LogP contribution in [0.25, 0.3) is 0 Å². The van der Waals surface area contributed by atoms with Crippen molar-refractivity contribution >= 4 is 31.7 Å². The normalized spacial score (nSPS) is 17.0. The molecule has 0 aliphatic rings. The van der Waals surface area contributed by atoms with Crippen LogP contribution in [0.4, 0.5) is 0 Å². The Morgan fingerprint density at radius 3 is 1.50 bits per heavy atom. The standard InChI is InChI=1S/C7H19ClS2/c1-9(2,3)7-10(4,5)6-8/h6-7H2,1-5H3. The summed E-state index contributed by atoms with van der Waals surface area (Å²) in [6.45, 7) is 0. The number of alkyl halides is 1. The van der Waals surface area contributed by atoms with Crippen LogP contribution in [0, 0.1) is 0 Å². The third-order valence-corrected chi connectivity index (χ3v) is 8.71. The fourth-order valence-corrected chi connectivity index (χ4v) is 9.46. The molecule has 0 radical (unpaired) electrons. The molecule has 0 unspecified atom stereocenters. The van der Waals surface area contributed by atoms with Crippen molar-refractivity contribution < 1.29 is 0 Å². The van der Waals surface area contributed by atoms with Crippen LogP contribution in [0.1, 0.15) is 0 Å². The molecule has 10 heavy (non-hydrogen) atoms. The van der Waals surface area contributed by atoms with Crippen molar-refractivity contribution in [2.75, 3.05) is 41.6 Å². The molecular weight excluding hydrogens is 184 g/mol. The molecule has 0 rings (SSSR count). The Morgan fingerprint density at radius 1 is 1.00 bits per heavy atom. The molecule has 0 saturated carbocycles. The average Bonchev–Trinajstić information content (AvgIpc) is 1.60. The molecule has 0 aromatic heterocycles. The Labute approximate surface area is 73.4 Å². The van der Waals surface area contributed by atoms with Crippen molar-refractivity contribution in [3.8, 4) is 0 Å². The summed E-state index contributed by atoms with van der Waals surface area (Å²) in [4.78, 5) is 0. The predicted molar refractivity (Wildman–Crippen MR) is 60.4 cm³/mol. The molecular formula is C7H19ClS2. The number of rotatable bonds is 3. The Kier molecular flexibility index (Phi) is 3.95. The van der Waals surface area contributed by atoms with Gasteiger partial charge in [0.2, 0.25) is 0 Å². The average molecular weight is 203 g/mol. The highest BCUT2D eigenvalue weighted by Gasteiger charge is 2.16. The van der Waals surface area contributed by atoms with E-state index in [1.807, 2.05) is 0 Å². The first-order chi connectivity index (χ1) is 4.27. The fraction of sp³-hybridized carbons (Fsp3) is 1.00. The molecule has 0 aromatic carbocycles. The Bertz CT molecular complexity index is 105. The first kappa shape index (κ1) is 11.0. The molecule has 66 valence electrons. The van der Waals surface area contributed by atoms with E-state index in [0.29, 0.717) is 0 Å². The van der Waals surface area contributed by atoms with Crippen LogP contribution < -0.4 is 0 Å². The maximum atomic E-state index is 5.85. The van der Waals surface area contributed by atoms with Gasteiger partial charge in [-0.2, -0.15) is 0 Å². The van der Waals surface area contributed by atoms with Crippen LogP contribution >= 0.6 is 31.7 Å². The van der Waals surface area contributed by atoms with Gasteiger partial charge in [-0.3, -0.25) is 0 Å². The van der Waals surface area contributed by atoms with Gasteiger partial charge in [0.1, 0.15) is 0 Å². The third-order valence-electron chi connectivity index (χ3n) is 0.968. The van der Waals surface area contributed by atoms with Gasteiger partial charge in [0.25, 0.3) is 0 Å². The number of halogens is 1. The van der Waals surface area contributed by atoms with E-state index in [0.717, 1.165) is 5.21 Å². The molecule has 0 amide bonds. The van der Waals surface area contributed by atoms with Crippen molar-refractivity contribution in [1.82, 2.24) is 0 Å². The van der Waals surface area contributed by atoms with E-state index < -0.39 is 10.0 Å². The van der Waals surface area contributed by atoms with Crippen LogP contribution in [0.2, 0.25) is 0 Å². The lowest BCUT2D eigenvalue weighted by Gasteiger charge is -2.38. The van der Waals surface area contributed by atoms with Crippen molar-refractivity contribution in [1.29, 1.82) is 0 Å². The van der Waals surface area contributed by atoms with Crippen LogP contribution in [0.15, 0.2) is 0 Å². The van der Waals surface area contributed by atoms with Crippen LogP contribution in [0.5, 0.6) is 0 Å². The molecule has 0 heterocycles. The highest BCUT2D eigenvalue weighted by Crippen LogP contribution is 2.53. The Balaban J connectivity index is 3.89. The molecule has 3 heteroatoms. The van der Waals surface area contributed by atoms with Gasteiger partial charge in [0.15, 0.2) is 0 Å². The van der Waals surface area contributed by atoms with Crippen molar-refractivity contribution in [3.05, 3.63) is 0 Å². The summed E-state index contributed by atoms with van der Waals surface area (Å²) in [6, 6.07) is 0. The lowest BCUT2D eigenvalue weighted by molar-refractivity contribution is 1.85. The zero-order chi connectivity index (χ0) is 8.41. The molecule has 0 nitrogen and oxygen atoms in total. The first-order valence-corrected chi connectivity index (χ1v) is 9.52. The van der Waals surface area contributed by atoms with Gasteiger partial charge in [0.05, 0.1) is 5.21 Å². The largest absolute Gasteiger partial charge is 0.242 e. The molecule has 0 bridgehead atoms. The van der Waals surface area contributed by atoms with Crippen LogP contribution in [-0.2, 0) is 0 Å². The van der Waals surface area contributed by atoms with E-state index >= 15 is 0 Å². The summed E-state index contributed by atoms with van der Waals surface area (Å²) < 4.78 is 0. The molecule has 0 aromatic rings. The van der Waals surface area contributed by atoms with E-state index in [2.05, 4.69) is 31.3 Å². The minimum Gasteiger partial charge on any atom is -0.242 e. The maximum absolute atomic E-state index is 5.85. The van der Waals surface area contributed by atoms with Gasteiger partial charge in [0, 0.05) is 5.08 Å². The maximum Gasteiger partial charge on any atom is 0.0529 e. The highest BCUT2D eigenvalue weighted by atomic mass is 35.5. The van der Waals surface area contributed by atoms with Gasteiger partial charge in [-0.05, 0) is 31.3 Å². The second kappa shape index (κ2) is 3.59. The van der Waals surface area contributed by atoms with Crippen LogP contribution in [-0.4, -0.2) is 41.6 Å². The van der Waals surface area contributed by atoms with Gasteiger partial charge >= 0.3 is 0 Å². The van der Waals surface area contributed by atoms with Crippen LogP contribution in [0.3, 0.4) is 0 Å². The summed E-state index contributed by atoms with van der Waals surface area (Å²) in [6.07, 6.45) is 11.7. The highest BCUT2D eigenvalue weighted by molar-refractivity contribution is 8.47. The number of hydrogen-bond acceptors (Lipinski definition) is 0. The van der Waals surface area contributed by atoms with Gasteiger partial charge in [-0.1, -0.05) is 0 Å². The summed E-state index contributed by atoms with van der Waals surface area (Å²) in [7, 11) is -0.816. The second-order valence-electron chi connectivity index (χ2n) is 4.08. The summed E-state index contributed by atoms with van der Waals surface area (Å²) in [5.41, 5.74) is 0. The number of hydrogen-bond donors (Lipinski definition) is 0. The zero-order valence-electron chi connectivity index (χ0n) is 7.61. The molecule has 0 fully saturated rings. The lowest BCUT2D eigenvalue weighted by atomic mass is 11.8. The first-order valence-electron chi connectivity index (χ1n) is 3.17. The van der Waals surface area contributed by atoms with Crippen molar-refractivity contribution in [2.24, 2.45) is 0 Å². The second-order valence-corrected chi connectivity index (χ2v) is 13.6. The Morgan fingerprint density at radius 2 is 1.40 bits per heavy atom. The quantitative estimate of drug-likeness (QED) is 0.618. The summed E-state index contributed by atoms with van der Waals surface area (Å²) >= 11 is 5.85. The Hall–Kier alpha value is 0.990. The zero-order valence-corrected chi connectivity index (χ0v) is 10.00. The summed E-state index contributed by atoms with van der Waals surface area (Å²) in [5, 5.41) is 2.21. The van der Waals surface area contributed by atoms with Gasteiger partial charge in [-0.25, -0.2) is 20.1 Å². The van der Waals surface area contributed by atoms with Gasteiger partial charge < -0.3 is 0 Å². The minimum atomic E-state index is -0.475. The monoisotopic (exact) mass is 202 g/mol. The molecule has 0 aliphatic carbocycles. The smallest absolute Gasteiger partial charge is 0.0529 e. The molecule has 0 aliphatic heterocycles. The van der Waals surface area contributed by atoms with Gasteiger partial charge in [-0.15, -0.1) is 11.6 Å². The van der Waals surface area contributed by atoms with E-state index in [4.69, 9.17) is 11.6 Å². The predicted octanol–water partition coefficient (Wildman–Crippen LogP) is 2.90. The van der Waals surface area contributed by atoms with Crippen molar-refractivity contribution in [3.63, 3.8) is 0 Å².